The van der Waals surface area contributed by atoms with Gasteiger partial charge in [-0.3, -0.25) is 4.79 Å². The van der Waals surface area contributed by atoms with Gasteiger partial charge in [-0.1, -0.05) is 35.9 Å². The lowest BCUT2D eigenvalue weighted by molar-refractivity contribution is -0.127. The number of benzene rings is 2. The second-order valence-electron chi connectivity index (χ2n) is 6.66. The van der Waals surface area contributed by atoms with E-state index >= 15 is 0 Å². The highest BCUT2D eigenvalue weighted by molar-refractivity contribution is 6.30. The van der Waals surface area contributed by atoms with Crippen LogP contribution in [0.3, 0.4) is 0 Å². The van der Waals surface area contributed by atoms with E-state index in [1.165, 1.54) is 0 Å². The van der Waals surface area contributed by atoms with E-state index in [0.29, 0.717) is 16.5 Å². The van der Waals surface area contributed by atoms with Crippen molar-refractivity contribution in [2.24, 2.45) is 0 Å². The molecule has 0 saturated carbocycles. The Morgan fingerprint density at radius 2 is 2.00 bits per heavy atom. The molecule has 3 aromatic rings. The van der Waals surface area contributed by atoms with Gasteiger partial charge >= 0.3 is 0 Å². The molecule has 1 aromatic heterocycles. The van der Waals surface area contributed by atoms with Crippen molar-refractivity contribution >= 4 is 23.3 Å². The molecule has 1 atom stereocenters. The molecule has 0 aliphatic rings. The number of rotatable bonds is 9. The van der Waals surface area contributed by atoms with Crippen LogP contribution in [0.2, 0.25) is 5.02 Å². The molecule has 0 aliphatic heterocycles. The molecule has 0 saturated heterocycles. The Bertz CT molecular complexity index is 988. The quantitative estimate of drug-likeness (QED) is 0.541. The van der Waals surface area contributed by atoms with Crippen molar-refractivity contribution in [1.29, 1.82) is 0 Å². The van der Waals surface area contributed by atoms with Gasteiger partial charge in [-0.05, 0) is 36.8 Å². The summed E-state index contributed by atoms with van der Waals surface area (Å²) in [4.78, 5) is 12.6. The summed E-state index contributed by atoms with van der Waals surface area (Å²) >= 11 is 5.94. The van der Waals surface area contributed by atoms with Crippen molar-refractivity contribution in [1.82, 2.24) is 9.78 Å². The largest absolute Gasteiger partial charge is 0.497 e. The Morgan fingerprint density at radius 1 is 1.23 bits per heavy atom. The van der Waals surface area contributed by atoms with Crippen LogP contribution in [0.1, 0.15) is 12.5 Å². The number of aliphatic hydroxyl groups excluding tert-OH is 1. The number of aromatic nitrogens is 2. The first-order chi connectivity index (χ1) is 14.5. The molecule has 7 nitrogen and oxygen atoms in total. The molecule has 30 heavy (non-hydrogen) atoms. The zero-order chi connectivity index (χ0) is 21.5. The van der Waals surface area contributed by atoms with E-state index in [1.807, 2.05) is 36.4 Å². The van der Waals surface area contributed by atoms with Crippen molar-refractivity contribution in [3.05, 3.63) is 65.2 Å². The van der Waals surface area contributed by atoms with Crippen LogP contribution in [-0.4, -0.2) is 40.6 Å². The molecule has 1 unspecified atom stereocenters. The van der Waals surface area contributed by atoms with Gasteiger partial charge in [-0.15, -0.1) is 0 Å². The number of hydrogen-bond acceptors (Lipinski definition) is 5. The first-order valence-electron chi connectivity index (χ1n) is 9.50. The SMILES string of the molecule is COc1cccc(COC(C)C(=O)Nc2cc(-c3ccc(Cl)cc3)nn2CCO)c1. The summed E-state index contributed by atoms with van der Waals surface area (Å²) in [5.41, 5.74) is 2.43. The molecule has 0 spiro atoms. The van der Waals surface area contributed by atoms with Crippen LogP contribution < -0.4 is 10.1 Å². The van der Waals surface area contributed by atoms with E-state index in [1.54, 1.807) is 36.9 Å². The van der Waals surface area contributed by atoms with Gasteiger partial charge in [0.15, 0.2) is 0 Å². The van der Waals surface area contributed by atoms with Crippen molar-refractivity contribution in [3.8, 4) is 17.0 Å². The maximum Gasteiger partial charge on any atom is 0.254 e. The van der Waals surface area contributed by atoms with Gasteiger partial charge in [0.25, 0.3) is 5.91 Å². The van der Waals surface area contributed by atoms with E-state index in [-0.39, 0.29) is 25.7 Å². The number of hydrogen-bond donors (Lipinski definition) is 2. The van der Waals surface area contributed by atoms with E-state index in [0.717, 1.165) is 16.9 Å². The molecule has 158 valence electrons. The minimum Gasteiger partial charge on any atom is -0.497 e. The van der Waals surface area contributed by atoms with Gasteiger partial charge in [-0.25, -0.2) is 4.68 Å². The Labute approximate surface area is 180 Å². The summed E-state index contributed by atoms with van der Waals surface area (Å²) < 4.78 is 12.5. The zero-order valence-corrected chi connectivity index (χ0v) is 17.6. The minimum absolute atomic E-state index is 0.105. The van der Waals surface area contributed by atoms with E-state index in [4.69, 9.17) is 21.1 Å². The monoisotopic (exact) mass is 429 g/mol. The number of methoxy groups -OCH3 is 1. The molecular weight excluding hydrogens is 406 g/mol. The average Bonchev–Trinajstić information content (AvgIpc) is 3.15. The molecule has 8 heteroatoms. The highest BCUT2D eigenvalue weighted by Gasteiger charge is 2.17. The van der Waals surface area contributed by atoms with Gasteiger partial charge in [-0.2, -0.15) is 5.10 Å². The molecule has 0 radical (unpaired) electrons. The zero-order valence-electron chi connectivity index (χ0n) is 16.8. The van der Waals surface area contributed by atoms with Gasteiger partial charge in [0.1, 0.15) is 17.7 Å². The van der Waals surface area contributed by atoms with Crippen molar-refractivity contribution < 1.29 is 19.4 Å². The molecule has 3 rings (SSSR count). The second-order valence-corrected chi connectivity index (χ2v) is 7.10. The van der Waals surface area contributed by atoms with Crippen LogP contribution in [0.4, 0.5) is 5.82 Å². The summed E-state index contributed by atoms with van der Waals surface area (Å²) in [6.07, 6.45) is -0.687. The molecule has 1 amide bonds. The Balaban J connectivity index is 1.67. The standard InChI is InChI=1S/C22H24ClN3O4/c1-15(30-14-16-4-3-5-19(12-16)29-2)22(28)24-21-13-20(25-26(21)10-11-27)17-6-8-18(23)9-7-17/h3-9,12-13,15,27H,10-11,14H2,1-2H3,(H,24,28). The number of ether oxygens (including phenoxy) is 2. The number of carbonyl (C=O) groups excluding carboxylic acids is 1. The topological polar surface area (TPSA) is 85.6 Å². The lowest BCUT2D eigenvalue weighted by atomic mass is 10.1. The number of anilines is 1. The molecule has 1 heterocycles. The van der Waals surface area contributed by atoms with Gasteiger partial charge in [0.2, 0.25) is 0 Å². The minimum atomic E-state index is -0.687. The summed E-state index contributed by atoms with van der Waals surface area (Å²) in [5.74, 6) is 0.909. The second kappa shape index (κ2) is 10.2. The Hall–Kier alpha value is -2.87. The third-order valence-electron chi connectivity index (χ3n) is 4.49. The van der Waals surface area contributed by atoms with Crippen molar-refractivity contribution in [2.75, 3.05) is 19.0 Å². The Morgan fingerprint density at radius 3 is 2.70 bits per heavy atom. The first-order valence-corrected chi connectivity index (χ1v) is 9.88. The van der Waals surface area contributed by atoms with Crippen LogP contribution in [0.15, 0.2) is 54.6 Å². The summed E-state index contributed by atoms with van der Waals surface area (Å²) in [7, 11) is 1.60. The fraction of sp³-hybridized carbons (Fsp3) is 0.273. The number of aliphatic hydroxyl groups is 1. The summed E-state index contributed by atoms with van der Waals surface area (Å²) in [5, 5.41) is 17.3. The van der Waals surface area contributed by atoms with E-state index in [9.17, 15) is 9.90 Å². The molecule has 2 aromatic carbocycles. The predicted octanol–water partition coefficient (Wildman–Crippen LogP) is 3.75. The Kier molecular flexibility index (Phi) is 7.46. The van der Waals surface area contributed by atoms with Crippen LogP contribution in [0.25, 0.3) is 11.3 Å². The fourth-order valence-electron chi connectivity index (χ4n) is 2.83. The number of nitrogens with zero attached hydrogens (tertiary/aromatic N) is 2. The van der Waals surface area contributed by atoms with Crippen LogP contribution >= 0.6 is 11.6 Å². The maximum absolute atomic E-state index is 12.6. The lowest BCUT2D eigenvalue weighted by Crippen LogP contribution is -2.29. The van der Waals surface area contributed by atoms with Gasteiger partial charge in [0, 0.05) is 16.7 Å². The smallest absolute Gasteiger partial charge is 0.254 e. The van der Waals surface area contributed by atoms with Crippen LogP contribution in [0, 0.1) is 0 Å². The maximum atomic E-state index is 12.6. The van der Waals surface area contributed by atoms with Gasteiger partial charge in [0.05, 0.1) is 32.6 Å². The molecule has 0 fully saturated rings. The predicted molar refractivity (Wildman–Crippen MR) is 116 cm³/mol. The van der Waals surface area contributed by atoms with E-state index < -0.39 is 6.10 Å². The molecule has 0 bridgehead atoms. The first kappa shape index (κ1) is 21.8. The highest BCUT2D eigenvalue weighted by Crippen LogP contribution is 2.24. The van der Waals surface area contributed by atoms with Crippen LogP contribution in [-0.2, 0) is 22.7 Å². The third-order valence-corrected chi connectivity index (χ3v) is 4.74. The molecule has 2 N–H and O–H groups in total. The third kappa shape index (κ3) is 5.60. The fourth-order valence-corrected chi connectivity index (χ4v) is 2.96. The number of halogens is 1. The normalized spacial score (nSPS) is 11.9. The highest BCUT2D eigenvalue weighted by atomic mass is 35.5. The van der Waals surface area contributed by atoms with Gasteiger partial charge < -0.3 is 19.9 Å². The number of nitrogens with one attached hydrogen (secondary N) is 1. The number of amides is 1. The average molecular weight is 430 g/mol. The molecular formula is C22H24ClN3O4. The van der Waals surface area contributed by atoms with Crippen LogP contribution in [0.5, 0.6) is 5.75 Å². The van der Waals surface area contributed by atoms with E-state index in [2.05, 4.69) is 10.4 Å². The number of carbonyl (C=O) groups is 1. The lowest BCUT2D eigenvalue weighted by Gasteiger charge is -2.14. The summed E-state index contributed by atoms with van der Waals surface area (Å²) in [6, 6.07) is 16.5. The van der Waals surface area contributed by atoms with Crippen molar-refractivity contribution in [3.63, 3.8) is 0 Å². The molecule has 0 aliphatic carbocycles. The van der Waals surface area contributed by atoms with Crippen molar-refractivity contribution in [2.45, 2.75) is 26.2 Å². The summed E-state index contributed by atoms with van der Waals surface area (Å²) in [6.45, 7) is 2.11.